The Morgan fingerprint density at radius 1 is 1.16 bits per heavy atom. The van der Waals surface area contributed by atoms with Crippen LogP contribution in [0.4, 0.5) is 19.0 Å². The first-order valence-electron chi connectivity index (χ1n) is 18.5. The summed E-state index contributed by atoms with van der Waals surface area (Å²) >= 11 is 0. The molecule has 300 valence electrons. The predicted octanol–water partition coefficient (Wildman–Crippen LogP) is 4.39. The third-order valence-corrected chi connectivity index (χ3v) is 12.1. The Morgan fingerprint density at radius 2 is 1.91 bits per heavy atom. The highest BCUT2D eigenvalue weighted by Gasteiger charge is 2.32. The van der Waals surface area contributed by atoms with Gasteiger partial charge in [0.15, 0.2) is 17.4 Å². The molecule has 3 heterocycles. The topological polar surface area (TPSA) is 177 Å². The first kappa shape index (κ1) is 41.6. The van der Waals surface area contributed by atoms with Crippen LogP contribution in [0.2, 0.25) is 0 Å². The highest BCUT2D eigenvalue weighted by Crippen LogP contribution is 2.36. The Bertz CT molecular complexity index is 1920. The Labute approximate surface area is 319 Å². The van der Waals surface area contributed by atoms with Crippen molar-refractivity contribution in [2.24, 2.45) is 34.6 Å². The number of hydrogen-bond acceptors (Lipinski definition) is 9. The van der Waals surface area contributed by atoms with E-state index in [4.69, 9.17) is 5.73 Å². The number of alkyl halides is 2. The van der Waals surface area contributed by atoms with Gasteiger partial charge in [0.05, 0.1) is 29.7 Å². The van der Waals surface area contributed by atoms with Gasteiger partial charge in [-0.05, 0) is 87.1 Å². The average molecular weight is 790 g/mol. The molecule has 1 aliphatic carbocycles. The van der Waals surface area contributed by atoms with Crippen molar-refractivity contribution in [1.82, 2.24) is 24.3 Å². The number of nitrogens with one attached hydrogen (secondary N) is 2. The molecule has 5 rings (SSSR count). The summed E-state index contributed by atoms with van der Waals surface area (Å²) in [5.74, 6) is -0.208. The van der Waals surface area contributed by atoms with E-state index in [9.17, 15) is 26.8 Å². The molecule has 2 fully saturated rings. The Morgan fingerprint density at radius 3 is 2.60 bits per heavy atom. The summed E-state index contributed by atoms with van der Waals surface area (Å²) in [4.78, 5) is 33.3. The molecule has 4 N–H and O–H groups in total. The minimum absolute atomic E-state index is 0.0410. The predicted molar refractivity (Wildman–Crippen MR) is 205 cm³/mol. The number of likely N-dealkylation sites (tertiary alicyclic amines) is 1. The van der Waals surface area contributed by atoms with E-state index >= 15 is 4.39 Å². The SMILES string of the molecule is CC(CC1C=C(S(=O)(=O)N2CCC(N=C/C(=C\N=CN)OC(F)F)CC2)C=CC1)CN1CCC(c2ccc3c(NC(=O)CCNC=O)nn(C)c3c2F)CC1. The fourth-order valence-electron chi connectivity index (χ4n) is 7.57. The lowest BCUT2D eigenvalue weighted by molar-refractivity contribution is -0.116. The largest absolute Gasteiger partial charge is 0.432 e. The summed E-state index contributed by atoms with van der Waals surface area (Å²) in [6, 6.07) is 3.34. The number of anilines is 1. The van der Waals surface area contributed by atoms with Crippen LogP contribution in [0.5, 0.6) is 0 Å². The van der Waals surface area contributed by atoms with Gasteiger partial charge in [0.2, 0.25) is 22.3 Å². The summed E-state index contributed by atoms with van der Waals surface area (Å²) in [6.45, 7) is 2.31. The number of hydrogen-bond donors (Lipinski definition) is 3. The maximum Gasteiger partial charge on any atom is 0.387 e. The number of carbonyl (C=O) groups is 2. The molecule has 1 aromatic carbocycles. The van der Waals surface area contributed by atoms with Gasteiger partial charge in [-0.25, -0.2) is 17.8 Å². The molecule has 18 heteroatoms. The quantitative estimate of drug-likeness (QED) is 0.0696. The Hall–Kier alpha value is -4.55. The molecule has 3 aliphatic rings. The zero-order valence-corrected chi connectivity index (χ0v) is 31.9. The number of halogens is 3. The number of aliphatic imine (C=N–C) groups is 2. The van der Waals surface area contributed by atoms with Crippen molar-refractivity contribution in [3.05, 3.63) is 58.6 Å². The van der Waals surface area contributed by atoms with Gasteiger partial charge in [-0.1, -0.05) is 25.1 Å². The maximum absolute atomic E-state index is 15.9. The number of fused-ring (bicyclic) bond motifs is 1. The molecule has 14 nitrogen and oxygen atoms in total. The molecule has 2 aromatic rings. The molecule has 2 unspecified atom stereocenters. The summed E-state index contributed by atoms with van der Waals surface area (Å²) in [6.07, 6.45) is 13.2. The van der Waals surface area contributed by atoms with Gasteiger partial charge in [-0.3, -0.25) is 19.3 Å². The van der Waals surface area contributed by atoms with Crippen molar-refractivity contribution >= 4 is 51.6 Å². The first-order valence-corrected chi connectivity index (χ1v) is 20.0. The second-order valence-corrected chi connectivity index (χ2v) is 16.1. The molecule has 0 spiro atoms. The molecule has 2 atom stereocenters. The fourth-order valence-corrected chi connectivity index (χ4v) is 9.19. The molecule has 0 bridgehead atoms. The van der Waals surface area contributed by atoms with Crippen LogP contribution in [0.15, 0.2) is 57.2 Å². The molecule has 0 radical (unpaired) electrons. The lowest BCUT2D eigenvalue weighted by atomic mass is 9.87. The summed E-state index contributed by atoms with van der Waals surface area (Å²) in [7, 11) is -2.07. The summed E-state index contributed by atoms with van der Waals surface area (Å²) < 4.78 is 75.8. The number of aryl methyl sites for hydroxylation is 1. The number of rotatable bonds is 17. The Kier molecular flexibility index (Phi) is 14.6. The summed E-state index contributed by atoms with van der Waals surface area (Å²) in [5.41, 5.74) is 6.14. The number of carbonyl (C=O) groups excluding carboxylic acids is 2. The molecule has 2 aliphatic heterocycles. The summed E-state index contributed by atoms with van der Waals surface area (Å²) in [5, 5.41) is 10.0. The van der Waals surface area contributed by atoms with E-state index in [1.807, 2.05) is 12.2 Å². The van der Waals surface area contributed by atoms with Gasteiger partial charge in [-0.2, -0.15) is 18.2 Å². The maximum atomic E-state index is 15.9. The number of piperidine rings is 2. The van der Waals surface area contributed by atoms with Crippen molar-refractivity contribution < 1.29 is 35.9 Å². The van der Waals surface area contributed by atoms with E-state index in [0.717, 1.165) is 64.1 Å². The van der Waals surface area contributed by atoms with Gasteiger partial charge >= 0.3 is 6.61 Å². The third-order valence-electron chi connectivity index (χ3n) is 10.2. The Balaban J connectivity index is 1.10. The van der Waals surface area contributed by atoms with Crippen molar-refractivity contribution in [3.63, 3.8) is 0 Å². The lowest BCUT2D eigenvalue weighted by Crippen LogP contribution is -2.40. The van der Waals surface area contributed by atoms with E-state index < -0.39 is 16.6 Å². The number of aromatic nitrogens is 2. The normalized spacial score (nSPS) is 20.4. The standard InChI is InChI=1S/C37H50F3N9O5S/c1-25(18-26-4-3-5-30(19-26)55(52,53)49-16-11-28(12-17-49)44-21-29(20-43-23-41)54-37(39)40)22-48-14-9-27(10-15-48)31-6-7-32-35(34(31)38)47(2)46-36(32)45-33(51)8-13-42-24-50/h3,5-7,19-21,23-28,37H,4,8-18,22H2,1-2H3,(H2,41,43)(H,42,50)(H,45,46,51)/b29-20+,44-21?. The number of allylic oxidation sites excluding steroid dienone is 4. The molecular formula is C37H50F3N9O5S. The van der Waals surface area contributed by atoms with Crippen LogP contribution in [-0.2, 0) is 31.4 Å². The lowest BCUT2D eigenvalue weighted by Gasteiger charge is -2.34. The first-order chi connectivity index (χ1) is 26.4. The fraction of sp³-hybridized carbons (Fsp3) is 0.541. The van der Waals surface area contributed by atoms with Gasteiger partial charge in [0.25, 0.3) is 0 Å². The van der Waals surface area contributed by atoms with Gasteiger partial charge in [0.1, 0.15) is 5.52 Å². The monoisotopic (exact) mass is 789 g/mol. The molecule has 0 saturated carbocycles. The van der Waals surface area contributed by atoms with E-state index in [-0.39, 0.29) is 67.2 Å². The number of nitrogens with zero attached hydrogens (tertiary/aromatic N) is 6. The van der Waals surface area contributed by atoms with Crippen LogP contribution in [0, 0.1) is 17.7 Å². The van der Waals surface area contributed by atoms with E-state index in [1.54, 1.807) is 25.3 Å². The zero-order valence-electron chi connectivity index (χ0n) is 31.1. The van der Waals surface area contributed by atoms with Crippen LogP contribution in [0.25, 0.3) is 10.9 Å². The van der Waals surface area contributed by atoms with Crippen molar-refractivity contribution in [3.8, 4) is 0 Å². The van der Waals surface area contributed by atoms with Crippen LogP contribution in [0.1, 0.15) is 63.4 Å². The molecule has 55 heavy (non-hydrogen) atoms. The number of nitrogens with two attached hydrogens (primary N) is 1. The molecule has 1 aromatic heterocycles. The molecule has 2 amide bonds. The number of amides is 2. The van der Waals surface area contributed by atoms with Gasteiger partial charge in [0, 0.05) is 45.0 Å². The van der Waals surface area contributed by atoms with Crippen molar-refractivity contribution in [2.75, 3.05) is 44.6 Å². The molecular weight excluding hydrogens is 740 g/mol. The van der Waals surface area contributed by atoms with Gasteiger partial charge < -0.3 is 26.0 Å². The van der Waals surface area contributed by atoms with Crippen molar-refractivity contribution in [1.29, 1.82) is 0 Å². The number of sulfonamides is 1. The van der Waals surface area contributed by atoms with E-state index in [2.05, 4.69) is 42.3 Å². The van der Waals surface area contributed by atoms with Crippen LogP contribution < -0.4 is 16.4 Å². The minimum Gasteiger partial charge on any atom is -0.432 e. The van der Waals surface area contributed by atoms with Crippen LogP contribution in [0.3, 0.4) is 0 Å². The minimum atomic E-state index is -3.72. The van der Waals surface area contributed by atoms with Crippen molar-refractivity contribution in [2.45, 2.75) is 70.4 Å². The second-order valence-electron chi connectivity index (χ2n) is 14.2. The van der Waals surface area contributed by atoms with Gasteiger partial charge in [-0.15, -0.1) is 0 Å². The third kappa shape index (κ3) is 11.0. The van der Waals surface area contributed by atoms with Crippen LogP contribution >= 0.6 is 0 Å². The van der Waals surface area contributed by atoms with E-state index in [1.165, 1.54) is 8.99 Å². The highest BCUT2D eigenvalue weighted by molar-refractivity contribution is 7.93. The number of benzene rings is 1. The zero-order chi connectivity index (χ0) is 39.5. The second kappa shape index (κ2) is 19.4. The van der Waals surface area contributed by atoms with E-state index in [0.29, 0.717) is 46.5 Å². The smallest absolute Gasteiger partial charge is 0.387 e. The number of ether oxygens (including phenoxy) is 1. The molecule has 2 saturated heterocycles. The average Bonchev–Trinajstić information content (AvgIpc) is 3.48. The highest BCUT2D eigenvalue weighted by atomic mass is 32.2. The van der Waals surface area contributed by atoms with Crippen LogP contribution in [-0.4, -0.2) is 104 Å².